The SMILES string of the molecule is NCC12CC(c3ccc(F)c(F)c3)(C1)C2. The molecule has 2 N–H and O–H groups in total. The minimum absolute atomic E-state index is 0.119. The van der Waals surface area contributed by atoms with Gasteiger partial charge >= 0.3 is 0 Å². The molecule has 0 aliphatic heterocycles. The number of nitrogens with two attached hydrogens (primary N) is 1. The van der Waals surface area contributed by atoms with E-state index in [1.165, 1.54) is 12.1 Å². The lowest BCUT2D eigenvalue weighted by Crippen LogP contribution is -2.67. The number of rotatable bonds is 2. The topological polar surface area (TPSA) is 26.0 Å². The Bertz CT molecular complexity index is 408. The molecule has 3 heteroatoms. The van der Waals surface area contributed by atoms with Crippen LogP contribution in [-0.2, 0) is 5.41 Å². The van der Waals surface area contributed by atoms with Crippen molar-refractivity contribution in [1.82, 2.24) is 0 Å². The first-order valence-electron chi connectivity index (χ1n) is 5.25. The first-order chi connectivity index (χ1) is 7.09. The van der Waals surface area contributed by atoms with Gasteiger partial charge in [0.2, 0.25) is 0 Å². The summed E-state index contributed by atoms with van der Waals surface area (Å²) in [5.41, 5.74) is 7.05. The third kappa shape index (κ3) is 1.04. The number of benzene rings is 1. The van der Waals surface area contributed by atoms with Gasteiger partial charge in [-0.2, -0.15) is 0 Å². The number of hydrogen-bond acceptors (Lipinski definition) is 1. The van der Waals surface area contributed by atoms with Gasteiger partial charge in [-0.3, -0.25) is 0 Å². The lowest BCUT2D eigenvalue weighted by molar-refractivity contribution is -0.132. The van der Waals surface area contributed by atoms with Gasteiger partial charge in [-0.25, -0.2) is 8.78 Å². The summed E-state index contributed by atoms with van der Waals surface area (Å²) < 4.78 is 25.8. The molecule has 3 aliphatic rings. The zero-order valence-electron chi connectivity index (χ0n) is 8.39. The lowest BCUT2D eigenvalue weighted by Gasteiger charge is -2.71. The third-order valence-corrected chi connectivity index (χ3v) is 4.11. The van der Waals surface area contributed by atoms with E-state index in [-0.39, 0.29) is 5.41 Å². The van der Waals surface area contributed by atoms with Gasteiger partial charge in [0.25, 0.3) is 0 Å². The summed E-state index contributed by atoms with van der Waals surface area (Å²) in [5, 5.41) is 0. The second-order valence-corrected chi connectivity index (χ2v) is 5.14. The van der Waals surface area contributed by atoms with E-state index in [1.54, 1.807) is 6.07 Å². The van der Waals surface area contributed by atoms with Crippen molar-refractivity contribution in [3.63, 3.8) is 0 Å². The van der Waals surface area contributed by atoms with Crippen molar-refractivity contribution in [2.75, 3.05) is 6.54 Å². The summed E-state index contributed by atoms with van der Waals surface area (Å²) in [5.74, 6) is -1.50. The van der Waals surface area contributed by atoms with Crippen LogP contribution in [0.5, 0.6) is 0 Å². The van der Waals surface area contributed by atoms with Gasteiger partial charge < -0.3 is 5.73 Å². The summed E-state index contributed by atoms with van der Waals surface area (Å²) in [6.07, 6.45) is 3.13. The molecule has 3 fully saturated rings. The summed E-state index contributed by atoms with van der Waals surface area (Å²) in [7, 11) is 0. The van der Waals surface area contributed by atoms with E-state index in [0.29, 0.717) is 5.41 Å². The maximum atomic E-state index is 13.1. The Morgan fingerprint density at radius 3 is 2.33 bits per heavy atom. The molecule has 0 unspecified atom stereocenters. The minimum Gasteiger partial charge on any atom is -0.330 e. The van der Waals surface area contributed by atoms with Crippen molar-refractivity contribution in [3.8, 4) is 0 Å². The first-order valence-corrected chi connectivity index (χ1v) is 5.25. The van der Waals surface area contributed by atoms with Crippen molar-refractivity contribution >= 4 is 0 Å². The van der Waals surface area contributed by atoms with Gasteiger partial charge in [-0.15, -0.1) is 0 Å². The Morgan fingerprint density at radius 2 is 1.80 bits per heavy atom. The summed E-state index contributed by atoms with van der Waals surface area (Å²) >= 11 is 0. The van der Waals surface area contributed by atoms with Gasteiger partial charge in [0.1, 0.15) is 0 Å². The van der Waals surface area contributed by atoms with Gasteiger partial charge in [0, 0.05) is 0 Å². The highest BCUT2D eigenvalue weighted by Crippen LogP contribution is 2.73. The van der Waals surface area contributed by atoms with Crippen LogP contribution in [0.1, 0.15) is 24.8 Å². The van der Waals surface area contributed by atoms with E-state index < -0.39 is 11.6 Å². The molecule has 0 heterocycles. The Balaban J connectivity index is 1.88. The highest BCUT2D eigenvalue weighted by Gasteiger charge is 2.67. The Labute approximate surface area is 87.3 Å². The maximum absolute atomic E-state index is 13.1. The van der Waals surface area contributed by atoms with Crippen LogP contribution in [0.15, 0.2) is 18.2 Å². The van der Waals surface area contributed by atoms with E-state index >= 15 is 0 Å². The van der Waals surface area contributed by atoms with Gasteiger partial charge in [0.05, 0.1) is 0 Å². The van der Waals surface area contributed by atoms with Crippen LogP contribution in [0.25, 0.3) is 0 Å². The summed E-state index contributed by atoms with van der Waals surface area (Å²) in [6.45, 7) is 0.721. The van der Waals surface area contributed by atoms with E-state index in [2.05, 4.69) is 0 Å². The van der Waals surface area contributed by atoms with Crippen LogP contribution in [0.2, 0.25) is 0 Å². The normalized spacial score (nSPS) is 37.0. The van der Waals surface area contributed by atoms with E-state index in [9.17, 15) is 8.78 Å². The zero-order chi connectivity index (χ0) is 10.7. The lowest BCUT2D eigenvalue weighted by atomic mass is 9.33. The number of hydrogen-bond donors (Lipinski definition) is 1. The summed E-state index contributed by atoms with van der Waals surface area (Å²) in [4.78, 5) is 0. The molecule has 1 aromatic rings. The second kappa shape index (κ2) is 2.59. The van der Waals surface area contributed by atoms with E-state index in [0.717, 1.165) is 31.4 Å². The molecule has 0 aromatic heterocycles. The van der Waals surface area contributed by atoms with Crippen LogP contribution >= 0.6 is 0 Å². The quantitative estimate of drug-likeness (QED) is 0.795. The molecule has 3 aliphatic carbocycles. The molecule has 0 spiro atoms. The van der Waals surface area contributed by atoms with Gasteiger partial charge in [0.15, 0.2) is 11.6 Å². The van der Waals surface area contributed by atoms with Crippen molar-refractivity contribution in [3.05, 3.63) is 35.4 Å². The molecule has 3 saturated carbocycles. The molecule has 0 radical (unpaired) electrons. The predicted molar refractivity (Wildman–Crippen MR) is 53.4 cm³/mol. The molecule has 1 nitrogen and oxygen atoms in total. The Kier molecular flexibility index (Phi) is 1.60. The smallest absolute Gasteiger partial charge is 0.159 e. The van der Waals surface area contributed by atoms with E-state index in [4.69, 9.17) is 5.73 Å². The average molecular weight is 209 g/mol. The molecule has 80 valence electrons. The fourth-order valence-electron chi connectivity index (χ4n) is 3.35. The third-order valence-electron chi connectivity index (χ3n) is 4.11. The molecule has 0 saturated heterocycles. The maximum Gasteiger partial charge on any atom is 0.159 e. The molecular formula is C12H13F2N. The predicted octanol–water partition coefficient (Wildman–Crippen LogP) is 2.35. The van der Waals surface area contributed by atoms with Crippen LogP contribution in [0.4, 0.5) is 8.78 Å². The zero-order valence-corrected chi connectivity index (χ0v) is 8.39. The van der Waals surface area contributed by atoms with Crippen molar-refractivity contribution in [2.45, 2.75) is 24.7 Å². The molecule has 0 atom stereocenters. The fraction of sp³-hybridized carbons (Fsp3) is 0.500. The number of halogens is 2. The largest absolute Gasteiger partial charge is 0.330 e. The molecule has 4 rings (SSSR count). The molecule has 2 bridgehead atoms. The van der Waals surface area contributed by atoms with Crippen LogP contribution in [0, 0.1) is 17.0 Å². The van der Waals surface area contributed by atoms with Gasteiger partial charge in [-0.05, 0) is 54.3 Å². The minimum atomic E-state index is -0.765. The van der Waals surface area contributed by atoms with Crippen molar-refractivity contribution < 1.29 is 8.78 Å². The Morgan fingerprint density at radius 1 is 1.13 bits per heavy atom. The monoisotopic (exact) mass is 209 g/mol. The molecule has 15 heavy (non-hydrogen) atoms. The van der Waals surface area contributed by atoms with Crippen LogP contribution in [0.3, 0.4) is 0 Å². The second-order valence-electron chi connectivity index (χ2n) is 5.14. The first kappa shape index (κ1) is 9.28. The highest BCUT2D eigenvalue weighted by atomic mass is 19.2. The Hall–Kier alpha value is -0.960. The van der Waals surface area contributed by atoms with Crippen LogP contribution < -0.4 is 5.73 Å². The molecule has 0 amide bonds. The van der Waals surface area contributed by atoms with Gasteiger partial charge in [-0.1, -0.05) is 6.07 Å². The standard InChI is InChI=1S/C12H13F2N/c13-9-2-1-8(3-10(9)14)12-4-11(5-12,6-12)7-15/h1-3H,4-7,15H2. The van der Waals surface area contributed by atoms with Crippen molar-refractivity contribution in [2.24, 2.45) is 11.1 Å². The van der Waals surface area contributed by atoms with Crippen LogP contribution in [-0.4, -0.2) is 6.54 Å². The van der Waals surface area contributed by atoms with Crippen molar-refractivity contribution in [1.29, 1.82) is 0 Å². The summed E-state index contributed by atoms with van der Waals surface area (Å²) in [6, 6.07) is 4.27. The fourth-order valence-corrected chi connectivity index (χ4v) is 3.35. The average Bonchev–Trinajstić information content (AvgIpc) is 2.07. The molecular weight excluding hydrogens is 196 g/mol. The highest BCUT2D eigenvalue weighted by molar-refractivity contribution is 5.39. The molecule has 1 aromatic carbocycles. The van der Waals surface area contributed by atoms with E-state index in [1.807, 2.05) is 0 Å².